The number of nitrogens with one attached hydrogen (secondary N) is 1. The molecule has 2 aromatic rings. The fourth-order valence-corrected chi connectivity index (χ4v) is 4.17. The zero-order chi connectivity index (χ0) is 18.6. The van der Waals surface area contributed by atoms with E-state index >= 15 is 0 Å². The van der Waals surface area contributed by atoms with Crippen molar-refractivity contribution in [1.82, 2.24) is 9.97 Å². The minimum absolute atomic E-state index is 0.522. The highest BCUT2D eigenvalue weighted by molar-refractivity contribution is 5.49. The van der Waals surface area contributed by atoms with Crippen molar-refractivity contribution in [3.05, 3.63) is 41.1 Å². The number of nitrogens with zero attached hydrogens (tertiary/aromatic N) is 3. The molecule has 1 saturated carbocycles. The maximum atomic E-state index is 5.37. The van der Waals surface area contributed by atoms with Gasteiger partial charge >= 0.3 is 0 Å². The van der Waals surface area contributed by atoms with Crippen LogP contribution in [-0.4, -0.2) is 29.7 Å². The van der Waals surface area contributed by atoms with Crippen molar-refractivity contribution >= 4 is 11.8 Å². The molecule has 0 spiro atoms. The second-order valence-corrected chi connectivity index (χ2v) is 7.68. The summed E-state index contributed by atoms with van der Waals surface area (Å²) in [4.78, 5) is 12.0. The molecule has 1 fully saturated rings. The van der Waals surface area contributed by atoms with Crippen LogP contribution in [0.25, 0.3) is 0 Å². The molecule has 0 saturated heterocycles. The van der Waals surface area contributed by atoms with Crippen LogP contribution < -0.4 is 15.0 Å². The Bertz CT molecular complexity index is 786. The fraction of sp³-hybridized carbons (Fsp3) is 0.545. The number of hydrogen-bond donors (Lipinski definition) is 1. The summed E-state index contributed by atoms with van der Waals surface area (Å²) in [5.74, 6) is 2.79. The van der Waals surface area contributed by atoms with Crippen LogP contribution in [0, 0.1) is 0 Å². The number of anilines is 2. The average Bonchev–Trinajstić information content (AvgIpc) is 2.73. The number of fused-ring (bicyclic) bond motifs is 1. The number of ether oxygens (including phenoxy) is 1. The normalized spacial score (nSPS) is 17.5. The van der Waals surface area contributed by atoms with Crippen LogP contribution >= 0.6 is 0 Å². The smallest absolute Gasteiger partial charge is 0.225 e. The Morgan fingerprint density at radius 1 is 1.11 bits per heavy atom. The first kappa shape index (κ1) is 18.1. The summed E-state index contributed by atoms with van der Waals surface area (Å²) < 4.78 is 5.37. The van der Waals surface area contributed by atoms with E-state index in [1.165, 1.54) is 43.2 Å². The molecule has 4 rings (SSSR count). The van der Waals surface area contributed by atoms with Crippen LogP contribution in [0.3, 0.4) is 0 Å². The average molecular weight is 367 g/mol. The van der Waals surface area contributed by atoms with Crippen molar-refractivity contribution in [2.24, 2.45) is 0 Å². The van der Waals surface area contributed by atoms with Crippen LogP contribution in [0.5, 0.6) is 5.75 Å². The van der Waals surface area contributed by atoms with Gasteiger partial charge in [0, 0.05) is 30.9 Å². The molecule has 1 aliphatic heterocycles. The number of benzene rings is 1. The van der Waals surface area contributed by atoms with Gasteiger partial charge in [-0.15, -0.1) is 0 Å². The van der Waals surface area contributed by atoms with Gasteiger partial charge in [-0.1, -0.05) is 32.3 Å². The molecule has 2 heterocycles. The van der Waals surface area contributed by atoms with E-state index in [4.69, 9.17) is 14.7 Å². The first-order valence-corrected chi connectivity index (χ1v) is 10.3. The minimum Gasteiger partial charge on any atom is -0.497 e. The standard InChI is InChI=1S/C22H30N4O/c1-3-18-14-21(25-22(23-18)24-19-7-5-4-6-8-19)26-12-11-16-13-20(27-2)10-9-17(16)15-26/h9-10,13-14,19H,3-8,11-12,15H2,1-2H3,(H,23,24,25). The topological polar surface area (TPSA) is 50.3 Å². The van der Waals surface area contributed by atoms with Crippen LogP contribution in [0.2, 0.25) is 0 Å². The van der Waals surface area contributed by atoms with E-state index < -0.39 is 0 Å². The van der Waals surface area contributed by atoms with Gasteiger partial charge in [0.25, 0.3) is 0 Å². The predicted molar refractivity (Wildman–Crippen MR) is 110 cm³/mol. The monoisotopic (exact) mass is 366 g/mol. The number of aryl methyl sites for hydroxylation is 1. The predicted octanol–water partition coefficient (Wildman–Crippen LogP) is 4.35. The molecule has 1 aromatic heterocycles. The fourth-order valence-electron chi connectivity index (χ4n) is 4.17. The van der Waals surface area contributed by atoms with Gasteiger partial charge in [-0.3, -0.25) is 0 Å². The zero-order valence-corrected chi connectivity index (χ0v) is 16.5. The minimum atomic E-state index is 0.522. The van der Waals surface area contributed by atoms with Crippen molar-refractivity contribution in [3.63, 3.8) is 0 Å². The first-order valence-electron chi connectivity index (χ1n) is 10.3. The van der Waals surface area contributed by atoms with Gasteiger partial charge in [-0.2, -0.15) is 4.98 Å². The van der Waals surface area contributed by atoms with E-state index in [9.17, 15) is 0 Å². The number of aromatic nitrogens is 2. The van der Waals surface area contributed by atoms with Crippen LogP contribution in [0.4, 0.5) is 11.8 Å². The largest absolute Gasteiger partial charge is 0.497 e. The van der Waals surface area contributed by atoms with Crippen molar-refractivity contribution in [2.75, 3.05) is 23.9 Å². The van der Waals surface area contributed by atoms with Gasteiger partial charge < -0.3 is 15.0 Å². The molecule has 0 atom stereocenters. The van der Waals surface area contributed by atoms with E-state index in [1.54, 1.807) is 7.11 Å². The van der Waals surface area contributed by atoms with E-state index in [-0.39, 0.29) is 0 Å². The highest BCUT2D eigenvalue weighted by Gasteiger charge is 2.20. The van der Waals surface area contributed by atoms with Gasteiger partial charge in [0.1, 0.15) is 11.6 Å². The molecule has 144 valence electrons. The lowest BCUT2D eigenvalue weighted by Gasteiger charge is -2.31. The molecular weight excluding hydrogens is 336 g/mol. The molecule has 2 aliphatic rings. The van der Waals surface area contributed by atoms with Crippen LogP contribution in [-0.2, 0) is 19.4 Å². The third kappa shape index (κ3) is 4.18. The van der Waals surface area contributed by atoms with Crippen molar-refractivity contribution in [2.45, 2.75) is 64.5 Å². The molecule has 1 N–H and O–H groups in total. The Hall–Kier alpha value is -2.30. The molecular formula is C22H30N4O. The Labute approximate surface area is 162 Å². The quantitative estimate of drug-likeness (QED) is 0.852. The van der Waals surface area contributed by atoms with Gasteiger partial charge in [0.2, 0.25) is 5.95 Å². The SMILES string of the molecule is CCc1cc(N2CCc3cc(OC)ccc3C2)nc(NC2CCCCC2)n1. The third-order valence-electron chi connectivity index (χ3n) is 5.82. The maximum absolute atomic E-state index is 5.37. The number of methoxy groups -OCH3 is 1. The lowest BCUT2D eigenvalue weighted by Crippen LogP contribution is -2.32. The lowest BCUT2D eigenvalue weighted by molar-refractivity contribution is 0.413. The van der Waals surface area contributed by atoms with Crippen LogP contribution in [0.1, 0.15) is 55.8 Å². The second-order valence-electron chi connectivity index (χ2n) is 7.68. The molecule has 1 aliphatic carbocycles. The first-order chi connectivity index (χ1) is 13.2. The Balaban J connectivity index is 1.54. The molecule has 1 aromatic carbocycles. The highest BCUT2D eigenvalue weighted by atomic mass is 16.5. The molecule has 0 bridgehead atoms. The Morgan fingerprint density at radius 2 is 1.96 bits per heavy atom. The van der Waals surface area contributed by atoms with E-state index in [0.29, 0.717) is 6.04 Å². The molecule has 0 unspecified atom stereocenters. The van der Waals surface area contributed by atoms with Crippen molar-refractivity contribution in [3.8, 4) is 5.75 Å². The summed E-state index contributed by atoms with van der Waals surface area (Å²) >= 11 is 0. The summed E-state index contributed by atoms with van der Waals surface area (Å²) in [6.07, 6.45) is 8.38. The van der Waals surface area contributed by atoms with E-state index in [1.807, 2.05) is 0 Å². The Kier molecular flexibility index (Phi) is 5.46. The summed E-state index contributed by atoms with van der Waals surface area (Å²) in [6, 6.07) is 9.08. The van der Waals surface area contributed by atoms with Crippen LogP contribution in [0.15, 0.2) is 24.3 Å². The third-order valence-corrected chi connectivity index (χ3v) is 5.82. The number of rotatable bonds is 5. The summed E-state index contributed by atoms with van der Waals surface area (Å²) in [5.41, 5.74) is 3.86. The van der Waals surface area contributed by atoms with Gasteiger partial charge in [-0.05, 0) is 48.9 Å². The molecule has 5 heteroatoms. The van der Waals surface area contributed by atoms with Crippen molar-refractivity contribution in [1.29, 1.82) is 0 Å². The van der Waals surface area contributed by atoms with E-state index in [2.05, 4.69) is 41.4 Å². The zero-order valence-electron chi connectivity index (χ0n) is 16.5. The molecule has 27 heavy (non-hydrogen) atoms. The highest BCUT2D eigenvalue weighted by Crippen LogP contribution is 2.28. The van der Waals surface area contributed by atoms with Crippen molar-refractivity contribution < 1.29 is 4.74 Å². The molecule has 0 amide bonds. The maximum Gasteiger partial charge on any atom is 0.225 e. The second kappa shape index (κ2) is 8.15. The Morgan fingerprint density at radius 3 is 2.74 bits per heavy atom. The lowest BCUT2D eigenvalue weighted by atomic mass is 9.96. The summed E-state index contributed by atoms with van der Waals surface area (Å²) in [6.45, 7) is 4.03. The van der Waals surface area contributed by atoms with Gasteiger partial charge in [-0.25, -0.2) is 4.98 Å². The molecule has 5 nitrogen and oxygen atoms in total. The summed E-state index contributed by atoms with van der Waals surface area (Å²) in [7, 11) is 1.73. The van der Waals surface area contributed by atoms with Gasteiger partial charge in [0.15, 0.2) is 0 Å². The van der Waals surface area contributed by atoms with E-state index in [0.717, 1.165) is 49.1 Å². The molecule has 0 radical (unpaired) electrons. The number of hydrogen-bond acceptors (Lipinski definition) is 5. The summed E-state index contributed by atoms with van der Waals surface area (Å²) in [5, 5.41) is 3.60. The van der Waals surface area contributed by atoms with Gasteiger partial charge in [0.05, 0.1) is 7.11 Å².